The summed E-state index contributed by atoms with van der Waals surface area (Å²) in [6.07, 6.45) is 2.29. The van der Waals surface area contributed by atoms with Crippen LogP contribution >= 0.6 is 11.3 Å². The molecule has 0 radical (unpaired) electrons. The monoisotopic (exact) mass is 226 g/mol. The molecule has 2 heterocycles. The molecule has 84 valence electrons. The number of rotatable bonds is 4. The number of aromatic nitrogens is 1. The average molecular weight is 226 g/mol. The van der Waals surface area contributed by atoms with Gasteiger partial charge in [0.1, 0.15) is 0 Å². The first-order valence-corrected chi connectivity index (χ1v) is 6.28. The van der Waals surface area contributed by atoms with Crippen LogP contribution in [0.5, 0.6) is 0 Å². The van der Waals surface area contributed by atoms with Crippen LogP contribution in [-0.2, 0) is 17.7 Å². The van der Waals surface area contributed by atoms with Crippen molar-refractivity contribution < 1.29 is 4.74 Å². The highest BCUT2D eigenvalue weighted by Gasteiger charge is 2.18. The summed E-state index contributed by atoms with van der Waals surface area (Å²) in [4.78, 5) is 5.98. The Morgan fingerprint density at radius 2 is 2.47 bits per heavy atom. The largest absolute Gasteiger partial charge is 0.381 e. The van der Waals surface area contributed by atoms with Crippen molar-refractivity contribution in [2.24, 2.45) is 5.92 Å². The lowest BCUT2D eigenvalue weighted by Gasteiger charge is -2.02. The summed E-state index contributed by atoms with van der Waals surface area (Å²) in [6, 6.07) is 0. The summed E-state index contributed by atoms with van der Waals surface area (Å²) in [5.41, 5.74) is 1.18. The summed E-state index contributed by atoms with van der Waals surface area (Å²) < 4.78 is 5.38. The molecule has 1 unspecified atom stereocenters. The van der Waals surface area contributed by atoms with E-state index in [0.717, 1.165) is 26.2 Å². The molecule has 0 bridgehead atoms. The minimum absolute atomic E-state index is 0.693. The van der Waals surface area contributed by atoms with Crippen molar-refractivity contribution in [3.8, 4) is 0 Å². The van der Waals surface area contributed by atoms with Gasteiger partial charge < -0.3 is 10.1 Å². The predicted molar refractivity (Wildman–Crippen MR) is 62.2 cm³/mol. The molecule has 1 aromatic rings. The molecule has 3 nitrogen and oxygen atoms in total. The molecule has 0 aromatic carbocycles. The molecule has 1 aliphatic heterocycles. The zero-order valence-electron chi connectivity index (χ0n) is 9.38. The number of aryl methyl sites for hydroxylation is 1. The Hall–Kier alpha value is -0.450. The van der Waals surface area contributed by atoms with E-state index in [1.165, 1.54) is 22.0 Å². The van der Waals surface area contributed by atoms with Crippen molar-refractivity contribution in [1.29, 1.82) is 0 Å². The molecule has 1 saturated heterocycles. The van der Waals surface area contributed by atoms with Crippen LogP contribution in [0.4, 0.5) is 0 Å². The Labute approximate surface area is 94.9 Å². The van der Waals surface area contributed by atoms with Crippen molar-refractivity contribution in [3.63, 3.8) is 0 Å². The third kappa shape index (κ3) is 2.77. The van der Waals surface area contributed by atoms with Crippen molar-refractivity contribution in [1.82, 2.24) is 10.3 Å². The van der Waals surface area contributed by atoms with E-state index in [0.29, 0.717) is 5.92 Å². The number of hydrogen-bond acceptors (Lipinski definition) is 4. The summed E-state index contributed by atoms with van der Waals surface area (Å²) in [5, 5.41) is 4.45. The van der Waals surface area contributed by atoms with Crippen molar-refractivity contribution in [2.45, 2.75) is 26.3 Å². The van der Waals surface area contributed by atoms with Gasteiger partial charge in [-0.3, -0.25) is 0 Å². The predicted octanol–water partition coefficient (Wildman–Crippen LogP) is 1.75. The Kier molecular flexibility index (Phi) is 3.72. The fraction of sp³-hybridized carbons (Fsp3) is 0.727. The zero-order chi connectivity index (χ0) is 10.7. The second-order valence-electron chi connectivity index (χ2n) is 4.08. The van der Waals surface area contributed by atoms with E-state index in [1.807, 2.05) is 18.4 Å². The molecule has 0 spiro atoms. The lowest BCUT2D eigenvalue weighted by molar-refractivity contribution is 0.186. The smallest absolute Gasteiger partial charge is 0.0935 e. The van der Waals surface area contributed by atoms with Crippen LogP contribution in [0.3, 0.4) is 0 Å². The Bertz CT molecular complexity index is 318. The number of nitrogens with zero attached hydrogens (tertiary/aromatic N) is 1. The molecule has 1 aromatic heterocycles. The average Bonchev–Trinajstić information content (AvgIpc) is 2.79. The van der Waals surface area contributed by atoms with Crippen LogP contribution in [0.15, 0.2) is 0 Å². The van der Waals surface area contributed by atoms with E-state index in [4.69, 9.17) is 4.74 Å². The van der Waals surface area contributed by atoms with E-state index < -0.39 is 0 Å². The van der Waals surface area contributed by atoms with Crippen LogP contribution in [0.1, 0.15) is 22.0 Å². The fourth-order valence-corrected chi connectivity index (χ4v) is 3.09. The Morgan fingerprint density at radius 1 is 1.60 bits per heavy atom. The second-order valence-corrected chi connectivity index (χ2v) is 5.25. The van der Waals surface area contributed by atoms with Crippen LogP contribution in [-0.4, -0.2) is 25.2 Å². The number of ether oxygens (including phenoxy) is 1. The topological polar surface area (TPSA) is 34.1 Å². The van der Waals surface area contributed by atoms with Gasteiger partial charge in [-0.05, 0) is 26.3 Å². The summed E-state index contributed by atoms with van der Waals surface area (Å²) in [6.45, 7) is 4.88. The zero-order valence-corrected chi connectivity index (χ0v) is 10.2. The Balaban J connectivity index is 1.98. The molecule has 0 saturated carbocycles. The molecule has 15 heavy (non-hydrogen) atoms. The van der Waals surface area contributed by atoms with Gasteiger partial charge in [-0.25, -0.2) is 4.98 Å². The molecule has 1 fully saturated rings. The van der Waals surface area contributed by atoms with Crippen LogP contribution < -0.4 is 5.32 Å². The number of thiazole rings is 1. The molecule has 0 amide bonds. The first-order valence-electron chi connectivity index (χ1n) is 5.47. The van der Waals surface area contributed by atoms with Gasteiger partial charge in [-0.1, -0.05) is 0 Å². The van der Waals surface area contributed by atoms with Gasteiger partial charge in [0.25, 0.3) is 0 Å². The molecule has 1 N–H and O–H groups in total. The highest BCUT2D eigenvalue weighted by molar-refractivity contribution is 7.11. The maximum absolute atomic E-state index is 5.38. The number of nitrogens with one attached hydrogen (secondary N) is 1. The van der Waals surface area contributed by atoms with Crippen LogP contribution in [0.2, 0.25) is 0 Å². The highest BCUT2D eigenvalue weighted by Crippen LogP contribution is 2.23. The van der Waals surface area contributed by atoms with Gasteiger partial charge in [-0.2, -0.15) is 0 Å². The highest BCUT2D eigenvalue weighted by atomic mass is 32.1. The van der Waals surface area contributed by atoms with Gasteiger partial charge >= 0.3 is 0 Å². The van der Waals surface area contributed by atoms with E-state index >= 15 is 0 Å². The first kappa shape index (κ1) is 11.0. The van der Waals surface area contributed by atoms with E-state index in [1.54, 1.807) is 0 Å². The molecular weight excluding hydrogens is 208 g/mol. The third-order valence-corrected chi connectivity index (χ3v) is 3.94. The lowest BCUT2D eigenvalue weighted by Crippen LogP contribution is -2.04. The Morgan fingerprint density at radius 3 is 3.13 bits per heavy atom. The molecular formula is C11H18N2OS. The van der Waals surface area contributed by atoms with Gasteiger partial charge in [0.05, 0.1) is 10.7 Å². The van der Waals surface area contributed by atoms with E-state index in [-0.39, 0.29) is 0 Å². The SMILES string of the molecule is CNCc1sc(CC2CCOC2)nc1C. The van der Waals surface area contributed by atoms with Gasteiger partial charge in [-0.15, -0.1) is 11.3 Å². The molecule has 1 aliphatic rings. The molecule has 0 aliphatic carbocycles. The van der Waals surface area contributed by atoms with Crippen molar-refractivity contribution in [3.05, 3.63) is 15.6 Å². The molecule has 1 atom stereocenters. The maximum Gasteiger partial charge on any atom is 0.0935 e. The second kappa shape index (κ2) is 5.05. The first-order chi connectivity index (χ1) is 7.29. The minimum atomic E-state index is 0.693. The summed E-state index contributed by atoms with van der Waals surface area (Å²) in [5.74, 6) is 0.693. The molecule has 2 rings (SSSR count). The van der Waals surface area contributed by atoms with Crippen molar-refractivity contribution >= 4 is 11.3 Å². The van der Waals surface area contributed by atoms with Gasteiger partial charge in [0.2, 0.25) is 0 Å². The van der Waals surface area contributed by atoms with E-state index in [9.17, 15) is 0 Å². The fourth-order valence-electron chi connectivity index (χ4n) is 1.89. The maximum atomic E-state index is 5.38. The standard InChI is InChI=1S/C11H18N2OS/c1-8-10(6-12-2)15-11(13-8)5-9-3-4-14-7-9/h9,12H,3-7H2,1-2H3. The van der Waals surface area contributed by atoms with E-state index in [2.05, 4.69) is 17.2 Å². The molecule has 4 heteroatoms. The van der Waals surface area contributed by atoms with Gasteiger partial charge in [0.15, 0.2) is 0 Å². The van der Waals surface area contributed by atoms with Crippen LogP contribution in [0.25, 0.3) is 0 Å². The third-order valence-electron chi connectivity index (χ3n) is 2.76. The quantitative estimate of drug-likeness (QED) is 0.849. The minimum Gasteiger partial charge on any atom is -0.381 e. The summed E-state index contributed by atoms with van der Waals surface area (Å²) >= 11 is 1.84. The van der Waals surface area contributed by atoms with Crippen molar-refractivity contribution in [2.75, 3.05) is 20.3 Å². The van der Waals surface area contributed by atoms with Gasteiger partial charge in [0, 0.05) is 31.1 Å². The lowest BCUT2D eigenvalue weighted by atomic mass is 10.1. The normalized spacial score (nSPS) is 21.1. The summed E-state index contributed by atoms with van der Waals surface area (Å²) in [7, 11) is 1.98. The van der Waals surface area contributed by atoms with Crippen LogP contribution in [0, 0.1) is 12.8 Å². The number of hydrogen-bond donors (Lipinski definition) is 1.